The van der Waals surface area contributed by atoms with Crippen LogP contribution in [0.2, 0.25) is 0 Å². The minimum atomic E-state index is -0.294. The summed E-state index contributed by atoms with van der Waals surface area (Å²) in [6.07, 6.45) is 3.77. The van der Waals surface area contributed by atoms with E-state index in [1.807, 2.05) is 12.1 Å². The van der Waals surface area contributed by atoms with Crippen LogP contribution in [0.4, 0.5) is 0 Å². The molecule has 0 fully saturated rings. The first kappa shape index (κ1) is 24.6. The van der Waals surface area contributed by atoms with Gasteiger partial charge in [-0.05, 0) is 93.1 Å². The number of aromatic nitrogens is 1. The molecule has 0 bridgehead atoms. The van der Waals surface area contributed by atoms with Gasteiger partial charge in [-0.1, -0.05) is 47.5 Å². The van der Waals surface area contributed by atoms with Crippen molar-refractivity contribution < 1.29 is 9.90 Å². The third-order valence-corrected chi connectivity index (χ3v) is 6.51. The number of hydrogen-bond donors (Lipinski definition) is 3. The molecular weight excluding hydrogens is 434 g/mol. The monoisotopic (exact) mass is 469 g/mol. The number of carbonyl (C=O) groups excluding carboxylic acids is 1. The van der Waals surface area contributed by atoms with Gasteiger partial charge in [0.1, 0.15) is 5.75 Å². The van der Waals surface area contributed by atoms with Gasteiger partial charge in [-0.15, -0.1) is 0 Å². The fraction of sp³-hybridized carbons (Fsp3) is 0.300. The SMILES string of the molecule is Cc1cc(C)cc(-c2[nH]c3ccccc3c2CCN(CCCCc2ccc(O)cc2)CC(N)=O)c1. The van der Waals surface area contributed by atoms with Crippen LogP contribution in [0.25, 0.3) is 22.2 Å². The summed E-state index contributed by atoms with van der Waals surface area (Å²) in [5, 5.41) is 10.7. The van der Waals surface area contributed by atoms with E-state index < -0.39 is 0 Å². The van der Waals surface area contributed by atoms with Crippen molar-refractivity contribution in [2.75, 3.05) is 19.6 Å². The molecule has 4 aromatic rings. The van der Waals surface area contributed by atoms with Crippen LogP contribution in [0.5, 0.6) is 5.75 Å². The van der Waals surface area contributed by atoms with Gasteiger partial charge in [0, 0.05) is 23.1 Å². The minimum absolute atomic E-state index is 0.264. The van der Waals surface area contributed by atoms with Crippen molar-refractivity contribution >= 4 is 16.8 Å². The van der Waals surface area contributed by atoms with Gasteiger partial charge in [0.05, 0.1) is 6.54 Å². The van der Waals surface area contributed by atoms with Crippen molar-refractivity contribution in [1.29, 1.82) is 0 Å². The Bertz CT molecular complexity index is 1270. The van der Waals surface area contributed by atoms with Gasteiger partial charge in [-0.3, -0.25) is 9.69 Å². The standard InChI is InChI=1S/C30H35N3O2/c1-21-17-22(2)19-24(18-21)30-27(26-8-3-4-9-28(26)32-30)14-16-33(20-29(31)35)15-6-5-7-23-10-12-25(34)13-11-23/h3-4,8-13,17-19,32,34H,5-7,14-16,20H2,1-2H3,(H2,31,35). The number of hydrogen-bond acceptors (Lipinski definition) is 3. The van der Waals surface area contributed by atoms with Crippen LogP contribution < -0.4 is 5.73 Å². The first-order valence-electron chi connectivity index (χ1n) is 12.4. The Morgan fingerprint density at radius 1 is 0.914 bits per heavy atom. The molecule has 0 aliphatic carbocycles. The number of aryl methyl sites for hydroxylation is 3. The van der Waals surface area contributed by atoms with Gasteiger partial charge in [0.2, 0.25) is 5.91 Å². The lowest BCUT2D eigenvalue weighted by Crippen LogP contribution is -2.36. The summed E-state index contributed by atoms with van der Waals surface area (Å²) in [6, 6.07) is 22.4. The second kappa shape index (κ2) is 11.2. The summed E-state index contributed by atoms with van der Waals surface area (Å²) in [5.74, 6) is -0.00384. The van der Waals surface area contributed by atoms with E-state index in [9.17, 15) is 9.90 Å². The Hall–Kier alpha value is -3.57. The number of rotatable bonds is 11. The van der Waals surface area contributed by atoms with Crippen molar-refractivity contribution in [3.63, 3.8) is 0 Å². The lowest BCUT2D eigenvalue weighted by Gasteiger charge is -2.21. The van der Waals surface area contributed by atoms with Gasteiger partial charge in [0.25, 0.3) is 0 Å². The molecule has 4 N–H and O–H groups in total. The van der Waals surface area contributed by atoms with E-state index in [0.717, 1.165) is 50.0 Å². The summed E-state index contributed by atoms with van der Waals surface area (Å²) in [5.41, 5.74) is 14.1. The maximum atomic E-state index is 11.8. The highest BCUT2D eigenvalue weighted by Gasteiger charge is 2.16. The summed E-state index contributed by atoms with van der Waals surface area (Å²) in [4.78, 5) is 17.6. The maximum absolute atomic E-state index is 11.8. The Balaban J connectivity index is 1.48. The Kier molecular flexibility index (Phi) is 7.88. The molecule has 0 saturated heterocycles. The number of primary amides is 1. The van der Waals surface area contributed by atoms with E-state index in [1.54, 1.807) is 12.1 Å². The molecule has 0 unspecified atom stereocenters. The third-order valence-electron chi connectivity index (χ3n) is 6.51. The summed E-state index contributed by atoms with van der Waals surface area (Å²) in [7, 11) is 0. The van der Waals surface area contributed by atoms with E-state index >= 15 is 0 Å². The van der Waals surface area contributed by atoms with Crippen molar-refractivity contribution in [2.24, 2.45) is 5.73 Å². The molecule has 4 rings (SSSR count). The molecule has 5 nitrogen and oxygen atoms in total. The van der Waals surface area contributed by atoms with Crippen LogP contribution in [0.3, 0.4) is 0 Å². The average Bonchev–Trinajstić information content (AvgIpc) is 3.19. The van der Waals surface area contributed by atoms with Crippen LogP contribution in [0.15, 0.2) is 66.7 Å². The zero-order valence-corrected chi connectivity index (χ0v) is 20.7. The van der Waals surface area contributed by atoms with Crippen LogP contribution in [-0.2, 0) is 17.6 Å². The number of fused-ring (bicyclic) bond motifs is 1. The minimum Gasteiger partial charge on any atom is -0.508 e. The second-order valence-corrected chi connectivity index (χ2v) is 9.52. The summed E-state index contributed by atoms with van der Waals surface area (Å²) >= 11 is 0. The molecule has 0 spiro atoms. The Labute approximate surface area is 207 Å². The predicted molar refractivity (Wildman–Crippen MR) is 144 cm³/mol. The largest absolute Gasteiger partial charge is 0.508 e. The smallest absolute Gasteiger partial charge is 0.231 e. The number of aromatic amines is 1. The quantitative estimate of drug-likeness (QED) is 0.253. The van der Waals surface area contributed by atoms with Crippen molar-refractivity contribution in [3.8, 4) is 17.0 Å². The van der Waals surface area contributed by atoms with Gasteiger partial charge in [-0.2, -0.15) is 0 Å². The first-order valence-corrected chi connectivity index (χ1v) is 12.4. The number of nitrogens with one attached hydrogen (secondary N) is 1. The number of carbonyl (C=O) groups is 1. The molecule has 35 heavy (non-hydrogen) atoms. The van der Waals surface area contributed by atoms with E-state index in [0.29, 0.717) is 5.75 Å². The number of benzene rings is 3. The van der Waals surface area contributed by atoms with E-state index in [4.69, 9.17) is 5.73 Å². The molecule has 0 saturated carbocycles. The van der Waals surface area contributed by atoms with Crippen molar-refractivity contribution in [3.05, 3.63) is 89.0 Å². The lowest BCUT2D eigenvalue weighted by atomic mass is 9.99. The number of nitrogens with two attached hydrogens (primary N) is 1. The highest BCUT2D eigenvalue weighted by Crippen LogP contribution is 2.32. The van der Waals surface area contributed by atoms with E-state index in [1.165, 1.54) is 33.2 Å². The number of H-pyrrole nitrogens is 1. The van der Waals surface area contributed by atoms with Gasteiger partial charge < -0.3 is 15.8 Å². The zero-order chi connectivity index (χ0) is 24.8. The number of phenols is 1. The average molecular weight is 470 g/mol. The van der Waals surface area contributed by atoms with Gasteiger partial charge in [-0.25, -0.2) is 0 Å². The van der Waals surface area contributed by atoms with E-state index in [2.05, 4.69) is 66.2 Å². The van der Waals surface area contributed by atoms with Crippen molar-refractivity contribution in [1.82, 2.24) is 9.88 Å². The predicted octanol–water partition coefficient (Wildman–Crippen LogP) is 5.51. The van der Waals surface area contributed by atoms with Gasteiger partial charge in [0.15, 0.2) is 0 Å². The van der Waals surface area contributed by atoms with Gasteiger partial charge >= 0.3 is 0 Å². The highest BCUT2D eigenvalue weighted by molar-refractivity contribution is 5.91. The van der Waals surface area contributed by atoms with E-state index in [-0.39, 0.29) is 12.5 Å². The molecule has 0 radical (unpaired) electrons. The first-order chi connectivity index (χ1) is 16.9. The molecule has 3 aromatic carbocycles. The number of nitrogens with zero attached hydrogens (tertiary/aromatic N) is 1. The number of aromatic hydroxyl groups is 1. The van der Waals surface area contributed by atoms with Crippen molar-refractivity contribution in [2.45, 2.75) is 39.5 Å². The molecule has 182 valence electrons. The molecule has 1 amide bonds. The lowest BCUT2D eigenvalue weighted by molar-refractivity contribution is -0.119. The highest BCUT2D eigenvalue weighted by atomic mass is 16.3. The number of unbranched alkanes of at least 4 members (excludes halogenated alkanes) is 1. The van der Waals surface area contributed by atoms with Crippen LogP contribution >= 0.6 is 0 Å². The molecule has 0 aliphatic rings. The number of phenolic OH excluding ortho intramolecular Hbond substituents is 1. The number of amides is 1. The summed E-state index contributed by atoms with van der Waals surface area (Å²) < 4.78 is 0. The zero-order valence-electron chi connectivity index (χ0n) is 20.7. The molecule has 1 aromatic heterocycles. The fourth-order valence-corrected chi connectivity index (χ4v) is 4.91. The summed E-state index contributed by atoms with van der Waals surface area (Å²) in [6.45, 7) is 6.11. The second-order valence-electron chi connectivity index (χ2n) is 9.52. The molecule has 5 heteroatoms. The molecular formula is C30H35N3O2. The third kappa shape index (κ3) is 6.52. The maximum Gasteiger partial charge on any atom is 0.231 e. The molecule has 0 atom stereocenters. The normalized spacial score (nSPS) is 11.4. The topological polar surface area (TPSA) is 82.3 Å². The van der Waals surface area contributed by atoms with Crippen LogP contribution in [-0.4, -0.2) is 40.5 Å². The molecule has 0 aliphatic heterocycles. The van der Waals surface area contributed by atoms with Crippen LogP contribution in [0.1, 0.15) is 35.1 Å². The fourth-order valence-electron chi connectivity index (χ4n) is 4.91. The number of para-hydroxylation sites is 1. The Morgan fingerprint density at radius 3 is 2.34 bits per heavy atom. The molecule has 1 heterocycles. The van der Waals surface area contributed by atoms with Crippen LogP contribution in [0, 0.1) is 13.8 Å². The Morgan fingerprint density at radius 2 is 1.63 bits per heavy atom.